The molecule has 0 saturated heterocycles. The Morgan fingerprint density at radius 2 is 2.24 bits per heavy atom. The molecule has 1 aliphatic rings. The number of amides is 2. The summed E-state index contributed by atoms with van der Waals surface area (Å²) in [6, 6.07) is 6.98. The molecule has 9 heteroatoms. The van der Waals surface area contributed by atoms with Crippen LogP contribution in [0.4, 0.5) is 11.4 Å². The minimum Gasteiger partial charge on any atom is -0.482 e. The molecule has 2 amide bonds. The number of hydrogen-bond donors (Lipinski definition) is 1. The normalized spacial score (nSPS) is 14.4. The number of nitrogens with one attached hydrogen (secondary N) is 1. The number of benzene rings is 1. The van der Waals surface area contributed by atoms with Gasteiger partial charge in [0.05, 0.1) is 22.9 Å². The van der Waals surface area contributed by atoms with Gasteiger partial charge >= 0.3 is 0 Å². The highest BCUT2D eigenvalue weighted by molar-refractivity contribution is 6.02. The lowest BCUT2D eigenvalue weighted by molar-refractivity contribution is -0.384. The number of anilines is 1. The molecule has 0 spiro atoms. The molecule has 25 heavy (non-hydrogen) atoms. The van der Waals surface area contributed by atoms with Crippen molar-refractivity contribution in [3.05, 3.63) is 52.5 Å². The third-order valence-corrected chi connectivity index (χ3v) is 3.75. The monoisotopic (exact) mass is 345 g/mol. The van der Waals surface area contributed by atoms with Crippen molar-refractivity contribution in [2.45, 2.75) is 13.0 Å². The predicted octanol–water partition coefficient (Wildman–Crippen LogP) is 1.79. The van der Waals surface area contributed by atoms with Crippen molar-refractivity contribution < 1.29 is 23.7 Å². The van der Waals surface area contributed by atoms with Crippen LogP contribution in [0.5, 0.6) is 5.75 Å². The van der Waals surface area contributed by atoms with E-state index in [9.17, 15) is 19.7 Å². The van der Waals surface area contributed by atoms with E-state index in [0.29, 0.717) is 11.5 Å². The Morgan fingerprint density at radius 3 is 2.92 bits per heavy atom. The van der Waals surface area contributed by atoms with Crippen molar-refractivity contribution in [1.82, 2.24) is 5.32 Å². The van der Waals surface area contributed by atoms with Gasteiger partial charge in [0.15, 0.2) is 6.61 Å². The van der Waals surface area contributed by atoms with Crippen LogP contribution in [0.25, 0.3) is 0 Å². The van der Waals surface area contributed by atoms with Crippen molar-refractivity contribution in [2.24, 2.45) is 0 Å². The molecule has 130 valence electrons. The zero-order valence-corrected chi connectivity index (χ0v) is 13.3. The number of rotatable bonds is 5. The van der Waals surface area contributed by atoms with Crippen LogP contribution in [0.3, 0.4) is 0 Å². The maximum atomic E-state index is 12.3. The highest BCUT2D eigenvalue weighted by atomic mass is 16.6. The molecule has 9 nitrogen and oxygen atoms in total. The van der Waals surface area contributed by atoms with E-state index in [1.54, 1.807) is 19.1 Å². The molecular formula is C16H15N3O6. The second kappa shape index (κ2) is 6.63. The van der Waals surface area contributed by atoms with E-state index in [-0.39, 0.29) is 30.6 Å². The molecule has 0 radical (unpaired) electrons. The summed E-state index contributed by atoms with van der Waals surface area (Å²) in [7, 11) is 0. The summed E-state index contributed by atoms with van der Waals surface area (Å²) in [5, 5.41) is 13.7. The number of nitro groups is 1. The van der Waals surface area contributed by atoms with Crippen molar-refractivity contribution in [1.29, 1.82) is 0 Å². The summed E-state index contributed by atoms with van der Waals surface area (Å²) < 4.78 is 10.5. The van der Waals surface area contributed by atoms with Crippen LogP contribution in [0.15, 0.2) is 41.0 Å². The Kier molecular flexibility index (Phi) is 4.38. The SMILES string of the molecule is C[C@H](NC(=O)CN1C(=O)COc2ccc([N+](=O)[O-])cc21)c1ccco1. The molecule has 1 atom stereocenters. The van der Waals surface area contributed by atoms with Gasteiger partial charge < -0.3 is 14.5 Å². The molecule has 0 unspecified atom stereocenters. The lowest BCUT2D eigenvalue weighted by atomic mass is 10.2. The van der Waals surface area contributed by atoms with Crippen LogP contribution in [-0.2, 0) is 9.59 Å². The van der Waals surface area contributed by atoms with Gasteiger partial charge in [0, 0.05) is 12.1 Å². The van der Waals surface area contributed by atoms with Gasteiger partial charge in [-0.2, -0.15) is 0 Å². The minimum absolute atomic E-state index is 0.189. The third kappa shape index (κ3) is 3.44. The van der Waals surface area contributed by atoms with E-state index >= 15 is 0 Å². The highest BCUT2D eigenvalue weighted by Crippen LogP contribution is 2.35. The third-order valence-electron chi connectivity index (χ3n) is 3.75. The van der Waals surface area contributed by atoms with Crippen LogP contribution >= 0.6 is 0 Å². The summed E-state index contributed by atoms with van der Waals surface area (Å²) >= 11 is 0. The number of carbonyl (C=O) groups excluding carboxylic acids is 2. The van der Waals surface area contributed by atoms with Crippen LogP contribution < -0.4 is 15.0 Å². The van der Waals surface area contributed by atoms with Gasteiger partial charge in [-0.05, 0) is 25.1 Å². The van der Waals surface area contributed by atoms with Gasteiger partial charge in [0.2, 0.25) is 5.91 Å². The average Bonchev–Trinajstić information content (AvgIpc) is 3.11. The number of hydrogen-bond acceptors (Lipinski definition) is 6. The second-order valence-corrected chi connectivity index (χ2v) is 5.48. The highest BCUT2D eigenvalue weighted by Gasteiger charge is 2.29. The molecule has 1 aromatic carbocycles. The first-order valence-corrected chi connectivity index (χ1v) is 7.50. The van der Waals surface area contributed by atoms with Crippen LogP contribution in [0.1, 0.15) is 18.7 Å². The van der Waals surface area contributed by atoms with Gasteiger partial charge in [-0.1, -0.05) is 0 Å². The first kappa shape index (κ1) is 16.5. The molecule has 1 N–H and O–H groups in total. The molecule has 0 saturated carbocycles. The van der Waals surface area contributed by atoms with E-state index in [2.05, 4.69) is 5.32 Å². The zero-order chi connectivity index (χ0) is 18.0. The number of ether oxygens (including phenoxy) is 1. The molecule has 0 bridgehead atoms. The first-order chi connectivity index (χ1) is 12.0. The van der Waals surface area contributed by atoms with Crippen LogP contribution in [0.2, 0.25) is 0 Å². The number of nitro benzene ring substituents is 1. The predicted molar refractivity (Wildman–Crippen MR) is 86.2 cm³/mol. The summed E-state index contributed by atoms with van der Waals surface area (Å²) in [4.78, 5) is 35.9. The van der Waals surface area contributed by atoms with Gasteiger partial charge in [-0.15, -0.1) is 0 Å². The number of non-ortho nitro benzene ring substituents is 1. The molecule has 2 heterocycles. The number of carbonyl (C=O) groups is 2. The smallest absolute Gasteiger partial charge is 0.271 e. The van der Waals surface area contributed by atoms with E-state index < -0.39 is 16.7 Å². The van der Waals surface area contributed by atoms with Crippen LogP contribution in [-0.4, -0.2) is 29.9 Å². The average molecular weight is 345 g/mol. The van der Waals surface area contributed by atoms with Crippen molar-refractivity contribution in [3.8, 4) is 5.75 Å². The Bertz CT molecular complexity index is 817. The minimum atomic E-state index is -0.573. The Hall–Kier alpha value is -3.36. The van der Waals surface area contributed by atoms with Gasteiger partial charge in [0.1, 0.15) is 18.1 Å². The van der Waals surface area contributed by atoms with Crippen molar-refractivity contribution in [2.75, 3.05) is 18.1 Å². The summed E-state index contributed by atoms with van der Waals surface area (Å²) in [6.45, 7) is 1.24. The molecule has 1 aliphatic heterocycles. The topological polar surface area (TPSA) is 115 Å². The zero-order valence-electron chi connectivity index (χ0n) is 13.3. The van der Waals surface area contributed by atoms with E-state index in [1.807, 2.05) is 0 Å². The van der Waals surface area contributed by atoms with E-state index in [1.165, 1.54) is 29.4 Å². The summed E-state index contributed by atoms with van der Waals surface area (Å²) in [5.41, 5.74) is 0.0117. The fraction of sp³-hybridized carbons (Fsp3) is 0.250. The maximum absolute atomic E-state index is 12.3. The maximum Gasteiger partial charge on any atom is 0.271 e. The van der Waals surface area contributed by atoms with Gasteiger partial charge in [-0.3, -0.25) is 24.6 Å². The van der Waals surface area contributed by atoms with E-state index in [0.717, 1.165) is 0 Å². The summed E-state index contributed by atoms with van der Waals surface area (Å²) in [6.07, 6.45) is 1.50. The molecule has 0 fully saturated rings. The van der Waals surface area contributed by atoms with Crippen LogP contribution in [0, 0.1) is 10.1 Å². The fourth-order valence-electron chi connectivity index (χ4n) is 2.52. The van der Waals surface area contributed by atoms with Gasteiger partial charge in [-0.25, -0.2) is 0 Å². The number of fused-ring (bicyclic) bond motifs is 1. The molecule has 0 aliphatic carbocycles. The van der Waals surface area contributed by atoms with E-state index in [4.69, 9.17) is 9.15 Å². The Balaban J connectivity index is 1.78. The van der Waals surface area contributed by atoms with Gasteiger partial charge in [0.25, 0.3) is 11.6 Å². The Labute approximate surface area is 142 Å². The number of furan rings is 1. The largest absolute Gasteiger partial charge is 0.482 e. The standard InChI is InChI=1S/C16H15N3O6/c1-10(13-3-2-6-24-13)17-15(20)8-18-12-7-11(19(22)23)4-5-14(12)25-9-16(18)21/h2-7,10H,8-9H2,1H3,(H,17,20)/t10-/m0/s1. The number of nitrogens with zero attached hydrogens (tertiary/aromatic N) is 2. The molecular weight excluding hydrogens is 330 g/mol. The van der Waals surface area contributed by atoms with Crippen molar-refractivity contribution >= 4 is 23.2 Å². The second-order valence-electron chi connectivity index (χ2n) is 5.48. The van der Waals surface area contributed by atoms with Crippen molar-refractivity contribution in [3.63, 3.8) is 0 Å². The molecule has 3 rings (SSSR count). The lowest BCUT2D eigenvalue weighted by Gasteiger charge is -2.28. The molecule has 1 aromatic heterocycles. The fourth-order valence-corrected chi connectivity index (χ4v) is 2.52. The summed E-state index contributed by atoms with van der Waals surface area (Å²) in [5.74, 6) is 0.0279. The Morgan fingerprint density at radius 1 is 1.44 bits per heavy atom. The first-order valence-electron chi connectivity index (χ1n) is 7.50. The quantitative estimate of drug-likeness (QED) is 0.652. The lowest BCUT2D eigenvalue weighted by Crippen LogP contribution is -2.45. The molecule has 2 aromatic rings.